The molecule has 168 valence electrons. The number of carbonyl (C=O) groups is 1. The number of aryl methyl sites for hydroxylation is 1. The monoisotopic (exact) mass is 443 g/mol. The average molecular weight is 444 g/mol. The minimum absolute atomic E-state index is 0.0468. The SMILES string of the molecule is Cc1cc(=O)oc2cc(OCC(=O)N3CCN(Cc4cccc5cccnc45)CC3)ccc12. The highest BCUT2D eigenvalue weighted by Crippen LogP contribution is 2.22. The highest BCUT2D eigenvalue weighted by molar-refractivity contribution is 5.82. The maximum absolute atomic E-state index is 12.7. The molecule has 2 aromatic carbocycles. The van der Waals surface area contributed by atoms with Gasteiger partial charge in [-0.2, -0.15) is 0 Å². The van der Waals surface area contributed by atoms with Crippen LogP contribution in [0, 0.1) is 6.92 Å². The molecule has 0 aliphatic carbocycles. The number of pyridine rings is 1. The molecule has 0 spiro atoms. The Hall–Kier alpha value is -3.71. The van der Waals surface area contributed by atoms with E-state index in [0.717, 1.165) is 41.5 Å². The summed E-state index contributed by atoms with van der Waals surface area (Å²) >= 11 is 0. The number of amides is 1. The minimum atomic E-state index is -0.398. The molecule has 1 aliphatic rings. The van der Waals surface area contributed by atoms with Crippen molar-refractivity contribution < 1.29 is 13.9 Å². The van der Waals surface area contributed by atoms with Gasteiger partial charge >= 0.3 is 5.63 Å². The molecule has 5 rings (SSSR count). The van der Waals surface area contributed by atoms with Crippen molar-refractivity contribution in [3.63, 3.8) is 0 Å². The summed E-state index contributed by atoms with van der Waals surface area (Å²) in [4.78, 5) is 33.0. The molecular formula is C26H25N3O4. The summed E-state index contributed by atoms with van der Waals surface area (Å²) in [5, 5.41) is 2.00. The smallest absolute Gasteiger partial charge is 0.336 e. The van der Waals surface area contributed by atoms with Gasteiger partial charge in [-0.15, -0.1) is 0 Å². The van der Waals surface area contributed by atoms with Crippen LogP contribution in [0.25, 0.3) is 21.9 Å². The molecule has 33 heavy (non-hydrogen) atoms. The van der Waals surface area contributed by atoms with Crippen LogP contribution in [0.4, 0.5) is 0 Å². The number of rotatable bonds is 5. The van der Waals surface area contributed by atoms with Crippen molar-refractivity contribution in [2.45, 2.75) is 13.5 Å². The summed E-state index contributed by atoms with van der Waals surface area (Å²) in [5.41, 5.74) is 3.15. The number of piperazine rings is 1. The van der Waals surface area contributed by atoms with E-state index < -0.39 is 5.63 Å². The van der Waals surface area contributed by atoms with E-state index in [4.69, 9.17) is 9.15 Å². The fourth-order valence-corrected chi connectivity index (χ4v) is 4.32. The number of para-hydroxylation sites is 1. The van der Waals surface area contributed by atoms with Crippen LogP contribution >= 0.6 is 0 Å². The lowest BCUT2D eigenvalue weighted by Crippen LogP contribution is -2.49. The zero-order valence-electron chi connectivity index (χ0n) is 18.5. The third-order valence-electron chi connectivity index (χ3n) is 6.12. The van der Waals surface area contributed by atoms with E-state index in [1.54, 1.807) is 12.1 Å². The number of nitrogens with zero attached hydrogens (tertiary/aromatic N) is 3. The lowest BCUT2D eigenvalue weighted by atomic mass is 10.1. The van der Waals surface area contributed by atoms with Crippen LogP contribution in [0.5, 0.6) is 5.75 Å². The van der Waals surface area contributed by atoms with Crippen LogP contribution in [0.1, 0.15) is 11.1 Å². The van der Waals surface area contributed by atoms with Crippen LogP contribution < -0.4 is 10.4 Å². The molecule has 2 aromatic heterocycles. The van der Waals surface area contributed by atoms with E-state index in [0.29, 0.717) is 24.4 Å². The van der Waals surface area contributed by atoms with Gasteiger partial charge in [0.05, 0.1) is 5.52 Å². The summed E-state index contributed by atoms with van der Waals surface area (Å²) in [7, 11) is 0. The first-order chi connectivity index (χ1) is 16.1. The van der Waals surface area contributed by atoms with Crippen molar-refractivity contribution in [2.24, 2.45) is 0 Å². The molecular weight excluding hydrogens is 418 g/mol. The number of hydrogen-bond acceptors (Lipinski definition) is 6. The first-order valence-electron chi connectivity index (χ1n) is 11.1. The third kappa shape index (κ3) is 4.59. The highest BCUT2D eigenvalue weighted by Gasteiger charge is 2.22. The first kappa shape index (κ1) is 21.2. The van der Waals surface area contributed by atoms with Crippen molar-refractivity contribution in [3.8, 4) is 5.75 Å². The van der Waals surface area contributed by atoms with E-state index in [-0.39, 0.29) is 12.5 Å². The molecule has 4 aromatic rings. The summed E-state index contributed by atoms with van der Waals surface area (Å²) in [6.07, 6.45) is 1.83. The largest absolute Gasteiger partial charge is 0.484 e. The molecule has 7 heteroatoms. The molecule has 3 heterocycles. The van der Waals surface area contributed by atoms with Crippen molar-refractivity contribution >= 4 is 27.8 Å². The van der Waals surface area contributed by atoms with Gasteiger partial charge in [0.2, 0.25) is 0 Å². The second-order valence-electron chi connectivity index (χ2n) is 8.34. The van der Waals surface area contributed by atoms with Crippen LogP contribution in [-0.4, -0.2) is 53.5 Å². The van der Waals surface area contributed by atoms with E-state index in [1.165, 1.54) is 11.6 Å². The zero-order chi connectivity index (χ0) is 22.8. The molecule has 1 amide bonds. The van der Waals surface area contributed by atoms with Gasteiger partial charge in [0.1, 0.15) is 11.3 Å². The Kier molecular flexibility index (Phi) is 5.79. The standard InChI is InChI=1S/C26H25N3O4/c1-18-14-25(31)33-23-15-21(7-8-22(18)23)32-17-24(30)29-12-10-28(11-13-29)16-20-5-2-4-19-6-3-9-27-26(19)20/h2-9,14-15H,10-13,16-17H2,1H3. The molecule has 7 nitrogen and oxygen atoms in total. The van der Waals surface area contributed by atoms with E-state index in [2.05, 4.69) is 34.1 Å². The molecule has 0 saturated carbocycles. The quantitative estimate of drug-likeness (QED) is 0.440. The Balaban J connectivity index is 1.16. The molecule has 1 fully saturated rings. The molecule has 0 unspecified atom stereocenters. The average Bonchev–Trinajstić information content (AvgIpc) is 2.83. The predicted molar refractivity (Wildman–Crippen MR) is 126 cm³/mol. The fraction of sp³-hybridized carbons (Fsp3) is 0.269. The van der Waals surface area contributed by atoms with Gasteiger partial charge in [-0.3, -0.25) is 14.7 Å². The number of fused-ring (bicyclic) bond motifs is 2. The van der Waals surface area contributed by atoms with Crippen molar-refractivity contribution in [3.05, 3.63) is 82.3 Å². The van der Waals surface area contributed by atoms with Crippen molar-refractivity contribution in [2.75, 3.05) is 32.8 Å². The number of ether oxygens (including phenoxy) is 1. The van der Waals surface area contributed by atoms with Crippen LogP contribution in [-0.2, 0) is 11.3 Å². The van der Waals surface area contributed by atoms with Gasteiger partial charge in [-0.1, -0.05) is 24.3 Å². The molecule has 0 radical (unpaired) electrons. The number of benzene rings is 2. The van der Waals surface area contributed by atoms with Crippen molar-refractivity contribution in [1.82, 2.24) is 14.8 Å². The molecule has 1 saturated heterocycles. The Morgan fingerprint density at radius 2 is 1.88 bits per heavy atom. The lowest BCUT2D eigenvalue weighted by Gasteiger charge is -2.34. The Morgan fingerprint density at radius 3 is 2.73 bits per heavy atom. The van der Waals surface area contributed by atoms with Gasteiger partial charge in [-0.05, 0) is 36.2 Å². The maximum atomic E-state index is 12.7. The van der Waals surface area contributed by atoms with E-state index >= 15 is 0 Å². The van der Waals surface area contributed by atoms with E-state index in [9.17, 15) is 9.59 Å². The lowest BCUT2D eigenvalue weighted by molar-refractivity contribution is -0.135. The molecule has 0 N–H and O–H groups in total. The summed E-state index contributed by atoms with van der Waals surface area (Å²) < 4.78 is 11.0. The van der Waals surface area contributed by atoms with Crippen molar-refractivity contribution in [1.29, 1.82) is 0 Å². The number of carbonyl (C=O) groups excluding carboxylic acids is 1. The molecule has 0 bridgehead atoms. The summed E-state index contributed by atoms with van der Waals surface area (Å²) in [6.45, 7) is 5.55. The molecule has 1 aliphatic heterocycles. The Bertz CT molecular complexity index is 1370. The van der Waals surface area contributed by atoms with Crippen LogP contribution in [0.2, 0.25) is 0 Å². The van der Waals surface area contributed by atoms with Gasteiger partial charge < -0.3 is 14.1 Å². The summed E-state index contributed by atoms with van der Waals surface area (Å²) in [5.74, 6) is 0.457. The Labute approximate surface area is 191 Å². The predicted octanol–water partition coefficient (Wildman–Crippen LogP) is 3.37. The first-order valence-corrected chi connectivity index (χ1v) is 11.1. The summed E-state index contributed by atoms with van der Waals surface area (Å²) in [6, 6.07) is 17.0. The van der Waals surface area contributed by atoms with E-state index in [1.807, 2.05) is 30.2 Å². The molecule has 0 atom stereocenters. The highest BCUT2D eigenvalue weighted by atomic mass is 16.5. The maximum Gasteiger partial charge on any atom is 0.336 e. The topological polar surface area (TPSA) is 75.9 Å². The van der Waals surface area contributed by atoms with Gasteiger partial charge in [0.15, 0.2) is 6.61 Å². The number of aromatic nitrogens is 1. The van der Waals surface area contributed by atoms with Gasteiger partial charge in [0, 0.05) is 61.8 Å². The number of hydrogen-bond donors (Lipinski definition) is 0. The second-order valence-corrected chi connectivity index (χ2v) is 8.34. The fourth-order valence-electron chi connectivity index (χ4n) is 4.32. The van der Waals surface area contributed by atoms with Gasteiger partial charge in [-0.25, -0.2) is 4.79 Å². The Morgan fingerprint density at radius 1 is 1.06 bits per heavy atom. The minimum Gasteiger partial charge on any atom is -0.484 e. The van der Waals surface area contributed by atoms with Crippen LogP contribution in [0.15, 0.2) is 70.0 Å². The second kappa shape index (κ2) is 9.03. The van der Waals surface area contributed by atoms with Gasteiger partial charge in [0.25, 0.3) is 5.91 Å². The third-order valence-corrected chi connectivity index (χ3v) is 6.12. The zero-order valence-corrected chi connectivity index (χ0v) is 18.5. The van der Waals surface area contributed by atoms with Crippen LogP contribution in [0.3, 0.4) is 0 Å². The normalized spacial score (nSPS) is 14.6.